The zero-order valence-corrected chi connectivity index (χ0v) is 8.84. The predicted molar refractivity (Wildman–Crippen MR) is 61.2 cm³/mol. The Hall–Kier alpha value is -1.47. The summed E-state index contributed by atoms with van der Waals surface area (Å²) in [4.78, 5) is 4.26. The van der Waals surface area contributed by atoms with Crippen LogP contribution < -0.4 is 0 Å². The molecule has 0 spiro atoms. The minimum atomic E-state index is -0.293. The van der Waals surface area contributed by atoms with Gasteiger partial charge in [0.25, 0.3) is 0 Å². The fourth-order valence-electron chi connectivity index (χ4n) is 1.54. The number of hydrogen-bond acceptors (Lipinski definition) is 2. The van der Waals surface area contributed by atoms with Gasteiger partial charge < -0.3 is 4.57 Å². The van der Waals surface area contributed by atoms with Gasteiger partial charge in [-0.1, -0.05) is 5.92 Å². The number of halogens is 1. The Bertz CT molecular complexity index is 539. The molecule has 0 bridgehead atoms. The molecule has 2 aromatic rings. The smallest absolute Gasteiger partial charge is 0.125 e. The van der Waals surface area contributed by atoms with E-state index in [1.54, 1.807) is 6.07 Å². The Labute approximate surface area is 92.5 Å². The summed E-state index contributed by atoms with van der Waals surface area (Å²) in [5.41, 5.74) is 1.47. The normalized spacial score (nSPS) is 10.5. The molecule has 2 nitrogen and oxygen atoms in total. The minimum absolute atomic E-state index is 0.293. The molecule has 15 heavy (non-hydrogen) atoms. The van der Waals surface area contributed by atoms with Crippen LogP contribution in [0.15, 0.2) is 18.2 Å². The van der Waals surface area contributed by atoms with Gasteiger partial charge in [-0.25, -0.2) is 9.37 Å². The van der Waals surface area contributed by atoms with Crippen LogP contribution >= 0.6 is 12.6 Å². The van der Waals surface area contributed by atoms with E-state index in [2.05, 4.69) is 23.5 Å². The van der Waals surface area contributed by atoms with E-state index in [1.807, 2.05) is 4.57 Å². The van der Waals surface area contributed by atoms with Gasteiger partial charge in [-0.2, -0.15) is 12.6 Å². The first-order chi connectivity index (χ1) is 7.26. The second-order valence-electron chi connectivity index (χ2n) is 3.11. The van der Waals surface area contributed by atoms with Gasteiger partial charge in [-0.05, 0) is 12.1 Å². The molecular formula is C11H9FN2S. The Morgan fingerprint density at radius 1 is 1.53 bits per heavy atom. The summed E-state index contributed by atoms with van der Waals surface area (Å²) in [5, 5.41) is 0. The number of fused-ring (bicyclic) bond motifs is 1. The Balaban J connectivity index is 2.70. The molecule has 4 heteroatoms. The average molecular weight is 220 g/mol. The molecule has 0 saturated carbocycles. The number of hydrogen-bond donors (Lipinski definition) is 1. The van der Waals surface area contributed by atoms with Crippen LogP contribution in [-0.4, -0.2) is 9.55 Å². The highest BCUT2D eigenvalue weighted by Gasteiger charge is 2.08. The van der Waals surface area contributed by atoms with Crippen molar-refractivity contribution in [2.24, 2.45) is 0 Å². The lowest BCUT2D eigenvalue weighted by molar-refractivity contribution is 0.629. The number of benzene rings is 1. The maximum Gasteiger partial charge on any atom is 0.125 e. The minimum Gasteiger partial charge on any atom is -0.315 e. The second-order valence-corrected chi connectivity index (χ2v) is 3.43. The van der Waals surface area contributed by atoms with Gasteiger partial charge in [0.05, 0.1) is 17.6 Å². The van der Waals surface area contributed by atoms with Gasteiger partial charge in [0, 0.05) is 11.8 Å². The quantitative estimate of drug-likeness (QED) is 0.607. The highest BCUT2D eigenvalue weighted by Crippen LogP contribution is 2.18. The molecule has 0 aliphatic rings. The Morgan fingerprint density at radius 2 is 2.33 bits per heavy atom. The first-order valence-corrected chi connectivity index (χ1v) is 5.08. The van der Waals surface area contributed by atoms with E-state index in [0.717, 1.165) is 11.3 Å². The van der Waals surface area contributed by atoms with Gasteiger partial charge in [0.2, 0.25) is 0 Å². The zero-order valence-electron chi connectivity index (χ0n) is 7.94. The molecule has 0 atom stereocenters. The molecule has 0 aliphatic heterocycles. The van der Waals surface area contributed by atoms with E-state index >= 15 is 0 Å². The van der Waals surface area contributed by atoms with E-state index in [-0.39, 0.29) is 5.82 Å². The standard InChI is InChI=1S/C11H9FN2S/c1-2-5-14-10-4-3-8(12)6-9(10)13-11(14)7-15/h1,3-4,6,15H,5,7H2. The molecule has 0 aliphatic carbocycles. The van der Waals surface area contributed by atoms with Crippen molar-refractivity contribution in [2.75, 3.05) is 0 Å². The number of aromatic nitrogens is 2. The number of terminal acetylenes is 1. The summed E-state index contributed by atoms with van der Waals surface area (Å²) in [5.74, 6) is 3.50. The lowest BCUT2D eigenvalue weighted by Crippen LogP contribution is -2.00. The maximum atomic E-state index is 13.0. The maximum absolute atomic E-state index is 13.0. The van der Waals surface area contributed by atoms with Gasteiger partial charge in [0.1, 0.15) is 11.6 Å². The van der Waals surface area contributed by atoms with Crippen molar-refractivity contribution in [1.82, 2.24) is 9.55 Å². The molecule has 0 amide bonds. The number of thiol groups is 1. The molecule has 0 saturated heterocycles. The summed E-state index contributed by atoms with van der Waals surface area (Å²) >= 11 is 4.16. The van der Waals surface area contributed by atoms with Crippen LogP contribution in [0.2, 0.25) is 0 Å². The van der Waals surface area contributed by atoms with Crippen molar-refractivity contribution < 1.29 is 4.39 Å². The molecule has 1 aromatic heterocycles. The van der Waals surface area contributed by atoms with E-state index in [9.17, 15) is 4.39 Å². The summed E-state index contributed by atoms with van der Waals surface area (Å²) in [7, 11) is 0. The number of imidazole rings is 1. The van der Waals surface area contributed by atoms with Crippen LogP contribution in [0.3, 0.4) is 0 Å². The van der Waals surface area contributed by atoms with Crippen molar-refractivity contribution in [3.8, 4) is 12.3 Å². The molecule has 0 unspecified atom stereocenters. The molecular weight excluding hydrogens is 211 g/mol. The third-order valence-electron chi connectivity index (χ3n) is 2.18. The summed E-state index contributed by atoms with van der Waals surface area (Å²) in [6, 6.07) is 4.48. The molecule has 76 valence electrons. The lowest BCUT2D eigenvalue weighted by Gasteiger charge is -2.01. The van der Waals surface area contributed by atoms with Crippen LogP contribution in [0.25, 0.3) is 11.0 Å². The van der Waals surface area contributed by atoms with Crippen LogP contribution in [0.4, 0.5) is 4.39 Å². The number of nitrogens with zero attached hydrogens (tertiary/aromatic N) is 2. The average Bonchev–Trinajstić information content (AvgIpc) is 2.56. The third kappa shape index (κ3) is 1.71. The van der Waals surface area contributed by atoms with E-state index in [1.165, 1.54) is 12.1 Å². The van der Waals surface area contributed by atoms with Crippen LogP contribution in [0, 0.1) is 18.2 Å². The first kappa shape index (κ1) is 10.1. The largest absolute Gasteiger partial charge is 0.315 e. The van der Waals surface area contributed by atoms with Crippen molar-refractivity contribution in [2.45, 2.75) is 12.3 Å². The highest BCUT2D eigenvalue weighted by molar-refractivity contribution is 7.79. The van der Waals surface area contributed by atoms with Gasteiger partial charge in [-0.15, -0.1) is 6.42 Å². The van der Waals surface area contributed by atoms with Crippen molar-refractivity contribution in [3.63, 3.8) is 0 Å². The van der Waals surface area contributed by atoms with E-state index < -0.39 is 0 Å². The Kier molecular flexibility index (Phi) is 2.65. The van der Waals surface area contributed by atoms with Crippen LogP contribution in [0.1, 0.15) is 5.82 Å². The van der Waals surface area contributed by atoms with Crippen molar-refractivity contribution in [1.29, 1.82) is 0 Å². The van der Waals surface area contributed by atoms with E-state index in [0.29, 0.717) is 17.8 Å². The fourth-order valence-corrected chi connectivity index (χ4v) is 1.78. The topological polar surface area (TPSA) is 17.8 Å². The van der Waals surface area contributed by atoms with Crippen molar-refractivity contribution >= 4 is 23.7 Å². The highest BCUT2D eigenvalue weighted by atomic mass is 32.1. The third-order valence-corrected chi connectivity index (χ3v) is 2.46. The summed E-state index contributed by atoms with van der Waals surface area (Å²) in [6.45, 7) is 0.429. The van der Waals surface area contributed by atoms with Crippen molar-refractivity contribution in [3.05, 3.63) is 29.8 Å². The summed E-state index contributed by atoms with van der Waals surface area (Å²) < 4.78 is 14.8. The molecule has 1 heterocycles. The number of rotatable bonds is 2. The molecule has 0 N–H and O–H groups in total. The van der Waals surface area contributed by atoms with E-state index in [4.69, 9.17) is 6.42 Å². The van der Waals surface area contributed by atoms with Crippen LogP contribution in [0.5, 0.6) is 0 Å². The predicted octanol–water partition coefficient (Wildman–Crippen LogP) is 2.24. The molecule has 2 rings (SSSR count). The van der Waals surface area contributed by atoms with Gasteiger partial charge in [0.15, 0.2) is 0 Å². The molecule has 0 fully saturated rings. The molecule has 0 radical (unpaired) electrons. The summed E-state index contributed by atoms with van der Waals surface area (Å²) in [6.07, 6.45) is 5.27. The SMILES string of the molecule is C#CCn1c(CS)nc2cc(F)ccc21. The fraction of sp³-hybridized carbons (Fsp3) is 0.182. The van der Waals surface area contributed by atoms with Crippen LogP contribution in [-0.2, 0) is 12.3 Å². The first-order valence-electron chi connectivity index (χ1n) is 4.45. The van der Waals surface area contributed by atoms with Gasteiger partial charge in [-0.3, -0.25) is 0 Å². The Morgan fingerprint density at radius 3 is 3.00 bits per heavy atom. The zero-order chi connectivity index (χ0) is 10.8. The van der Waals surface area contributed by atoms with Gasteiger partial charge >= 0.3 is 0 Å². The monoisotopic (exact) mass is 220 g/mol. The lowest BCUT2D eigenvalue weighted by atomic mass is 10.3. The molecule has 1 aromatic carbocycles. The second kappa shape index (κ2) is 3.95.